The fraction of sp³-hybridized carbons (Fsp3) is 0.273. The van der Waals surface area contributed by atoms with Gasteiger partial charge in [0.15, 0.2) is 0 Å². The van der Waals surface area contributed by atoms with Crippen molar-refractivity contribution < 1.29 is 18.9 Å². The third-order valence-electron chi connectivity index (χ3n) is 2.97. The van der Waals surface area contributed by atoms with Gasteiger partial charge in [-0.15, -0.1) is 0 Å². The van der Waals surface area contributed by atoms with Crippen LogP contribution in [0.1, 0.15) is 6.42 Å². The van der Waals surface area contributed by atoms with Crippen molar-refractivity contribution in [3.05, 3.63) is 34.1 Å². The van der Waals surface area contributed by atoms with E-state index in [1.807, 2.05) is 0 Å². The Hall–Kier alpha value is -2.51. The number of carbonyl (C=O) groups excluding carboxylic acids is 2. The first-order valence-corrected chi connectivity index (χ1v) is 5.43. The van der Waals surface area contributed by atoms with Gasteiger partial charge >= 0.3 is 5.69 Å². The summed E-state index contributed by atoms with van der Waals surface area (Å²) in [5, 5.41) is 10.5. The van der Waals surface area contributed by atoms with E-state index in [2.05, 4.69) is 0 Å². The average Bonchev–Trinajstić information content (AvgIpc) is 2.71. The summed E-state index contributed by atoms with van der Waals surface area (Å²) >= 11 is 0. The molecular weight excluding hydrogens is 257 g/mol. The highest BCUT2D eigenvalue weighted by Gasteiger charge is 2.34. The number of halogens is 1. The molecule has 0 bridgehead atoms. The molecular formula is C11H10FN3O4. The molecule has 1 atom stereocenters. The Morgan fingerprint density at radius 3 is 2.68 bits per heavy atom. The second-order valence-corrected chi connectivity index (χ2v) is 4.20. The fourth-order valence-corrected chi connectivity index (χ4v) is 1.96. The molecule has 1 fully saturated rings. The van der Waals surface area contributed by atoms with E-state index in [-0.39, 0.29) is 24.6 Å². The number of hydrogen-bond donors (Lipinski definition) is 1. The molecule has 1 aliphatic heterocycles. The van der Waals surface area contributed by atoms with E-state index in [4.69, 9.17) is 5.73 Å². The van der Waals surface area contributed by atoms with E-state index in [0.717, 1.165) is 12.1 Å². The topological polar surface area (TPSA) is 107 Å². The van der Waals surface area contributed by atoms with Crippen LogP contribution in [-0.4, -0.2) is 23.3 Å². The van der Waals surface area contributed by atoms with Crippen molar-refractivity contribution in [1.82, 2.24) is 0 Å². The monoisotopic (exact) mass is 267 g/mol. The number of nitro groups is 1. The second kappa shape index (κ2) is 4.63. The van der Waals surface area contributed by atoms with Crippen LogP contribution in [0.15, 0.2) is 18.2 Å². The van der Waals surface area contributed by atoms with Crippen LogP contribution in [0.5, 0.6) is 0 Å². The third kappa shape index (κ3) is 2.37. The van der Waals surface area contributed by atoms with Crippen LogP contribution < -0.4 is 10.6 Å². The molecule has 1 aliphatic rings. The number of anilines is 1. The minimum atomic E-state index is -1.03. The van der Waals surface area contributed by atoms with Gasteiger partial charge in [-0.25, -0.2) is 0 Å². The summed E-state index contributed by atoms with van der Waals surface area (Å²) in [5.74, 6) is -2.61. The summed E-state index contributed by atoms with van der Waals surface area (Å²) in [5.41, 5.74) is 4.63. The lowest BCUT2D eigenvalue weighted by Gasteiger charge is -2.16. The fourth-order valence-electron chi connectivity index (χ4n) is 1.96. The number of carbonyl (C=O) groups is 2. The Kier molecular flexibility index (Phi) is 3.16. The van der Waals surface area contributed by atoms with Gasteiger partial charge in [-0.3, -0.25) is 19.7 Å². The molecule has 0 aromatic heterocycles. The molecule has 8 heteroatoms. The van der Waals surface area contributed by atoms with Crippen LogP contribution in [-0.2, 0) is 9.59 Å². The Morgan fingerprint density at radius 2 is 2.21 bits per heavy atom. The van der Waals surface area contributed by atoms with Crippen molar-refractivity contribution >= 4 is 23.2 Å². The van der Waals surface area contributed by atoms with Gasteiger partial charge in [-0.1, -0.05) is 0 Å². The van der Waals surface area contributed by atoms with Gasteiger partial charge in [-0.2, -0.15) is 4.39 Å². The number of amides is 2. The molecule has 2 N–H and O–H groups in total. The first-order valence-electron chi connectivity index (χ1n) is 5.43. The molecule has 2 amide bonds. The highest BCUT2D eigenvalue weighted by molar-refractivity contribution is 6.00. The third-order valence-corrected chi connectivity index (χ3v) is 2.97. The van der Waals surface area contributed by atoms with Gasteiger partial charge in [0.1, 0.15) is 0 Å². The van der Waals surface area contributed by atoms with E-state index < -0.39 is 28.3 Å². The van der Waals surface area contributed by atoms with Crippen molar-refractivity contribution in [2.24, 2.45) is 11.7 Å². The Labute approximate surface area is 106 Å². The van der Waals surface area contributed by atoms with Gasteiger partial charge in [0.2, 0.25) is 17.6 Å². The van der Waals surface area contributed by atoms with Gasteiger partial charge in [0, 0.05) is 30.8 Å². The van der Waals surface area contributed by atoms with Crippen LogP contribution in [0.25, 0.3) is 0 Å². The van der Waals surface area contributed by atoms with Gasteiger partial charge in [0.05, 0.1) is 10.8 Å². The van der Waals surface area contributed by atoms with Crippen LogP contribution in [0.2, 0.25) is 0 Å². The second-order valence-electron chi connectivity index (χ2n) is 4.20. The molecule has 100 valence electrons. The highest BCUT2D eigenvalue weighted by Crippen LogP contribution is 2.28. The maximum atomic E-state index is 13.5. The molecule has 0 spiro atoms. The average molecular weight is 267 g/mol. The van der Waals surface area contributed by atoms with Gasteiger partial charge in [0.25, 0.3) is 0 Å². The molecule has 0 aliphatic carbocycles. The van der Waals surface area contributed by atoms with Crippen molar-refractivity contribution in [3.63, 3.8) is 0 Å². The Balaban J connectivity index is 2.28. The van der Waals surface area contributed by atoms with Crippen molar-refractivity contribution in [3.8, 4) is 0 Å². The number of nitro benzene ring substituents is 1. The van der Waals surface area contributed by atoms with Crippen molar-refractivity contribution in [2.75, 3.05) is 11.4 Å². The van der Waals surface area contributed by atoms with Crippen molar-refractivity contribution in [1.29, 1.82) is 0 Å². The quantitative estimate of drug-likeness (QED) is 0.638. The minimum Gasteiger partial charge on any atom is -0.369 e. The normalized spacial score (nSPS) is 18.7. The molecule has 1 saturated heterocycles. The first-order chi connectivity index (χ1) is 8.90. The molecule has 1 aromatic carbocycles. The predicted octanol–water partition coefficient (Wildman–Crippen LogP) is 0.572. The SMILES string of the molecule is NC(=O)C1CC(=O)N(c2ccc([N+](=O)[O-])c(F)c2)C1. The molecule has 1 unspecified atom stereocenters. The molecule has 19 heavy (non-hydrogen) atoms. The summed E-state index contributed by atoms with van der Waals surface area (Å²) in [6.07, 6.45) is -0.0338. The van der Waals surface area contributed by atoms with E-state index >= 15 is 0 Å². The van der Waals surface area contributed by atoms with E-state index in [1.54, 1.807) is 0 Å². The molecule has 2 rings (SSSR count). The zero-order valence-electron chi connectivity index (χ0n) is 9.71. The summed E-state index contributed by atoms with van der Waals surface area (Å²) in [7, 11) is 0. The maximum absolute atomic E-state index is 13.5. The number of nitrogens with two attached hydrogens (primary N) is 1. The highest BCUT2D eigenvalue weighted by atomic mass is 19.1. The van der Waals surface area contributed by atoms with Gasteiger partial charge < -0.3 is 10.6 Å². The van der Waals surface area contributed by atoms with Crippen LogP contribution >= 0.6 is 0 Å². The number of nitrogens with zero attached hydrogens (tertiary/aromatic N) is 2. The van der Waals surface area contributed by atoms with Gasteiger partial charge in [-0.05, 0) is 6.07 Å². The Bertz CT molecular complexity index is 575. The smallest absolute Gasteiger partial charge is 0.304 e. The number of benzene rings is 1. The summed E-state index contributed by atoms with van der Waals surface area (Å²) in [6.45, 7) is 0.0609. The van der Waals surface area contributed by atoms with E-state index in [9.17, 15) is 24.1 Å². The lowest BCUT2D eigenvalue weighted by Crippen LogP contribution is -2.28. The maximum Gasteiger partial charge on any atom is 0.304 e. The summed E-state index contributed by atoms with van der Waals surface area (Å²) in [4.78, 5) is 33.5. The largest absolute Gasteiger partial charge is 0.369 e. The zero-order valence-corrected chi connectivity index (χ0v) is 9.71. The van der Waals surface area contributed by atoms with Crippen LogP contribution in [0, 0.1) is 21.8 Å². The first kappa shape index (κ1) is 12.9. The zero-order chi connectivity index (χ0) is 14.2. The van der Waals surface area contributed by atoms with Crippen molar-refractivity contribution in [2.45, 2.75) is 6.42 Å². The Morgan fingerprint density at radius 1 is 1.53 bits per heavy atom. The standard InChI is InChI=1S/C11H10FN3O4/c12-8-4-7(1-2-9(8)15(18)19)14-5-6(11(13)17)3-10(14)16/h1-2,4,6H,3,5H2,(H2,13,17). The molecule has 0 radical (unpaired) electrons. The van der Waals surface area contributed by atoms with E-state index in [1.165, 1.54) is 11.0 Å². The molecule has 0 saturated carbocycles. The number of primary amides is 1. The van der Waals surface area contributed by atoms with E-state index in [0.29, 0.717) is 0 Å². The minimum absolute atomic E-state index is 0.0338. The lowest BCUT2D eigenvalue weighted by atomic mass is 10.1. The molecule has 7 nitrogen and oxygen atoms in total. The van der Waals surface area contributed by atoms with Crippen LogP contribution in [0.3, 0.4) is 0 Å². The van der Waals surface area contributed by atoms with Crippen LogP contribution in [0.4, 0.5) is 15.8 Å². The molecule has 1 aromatic rings. The number of rotatable bonds is 3. The predicted molar refractivity (Wildman–Crippen MR) is 62.7 cm³/mol. The lowest BCUT2D eigenvalue weighted by molar-refractivity contribution is -0.387. The summed E-state index contributed by atoms with van der Waals surface area (Å²) in [6, 6.07) is 3.15. The number of hydrogen-bond acceptors (Lipinski definition) is 4. The summed E-state index contributed by atoms with van der Waals surface area (Å²) < 4.78 is 13.5. The molecule has 1 heterocycles.